The minimum atomic E-state index is 0.270. The highest BCUT2D eigenvalue weighted by Crippen LogP contribution is 2.57. The molecule has 3 nitrogen and oxygen atoms in total. The molecule has 0 aromatic carbocycles. The molecule has 2 N–H and O–H groups in total. The summed E-state index contributed by atoms with van der Waals surface area (Å²) in [6.07, 6.45) is 6.03. The molecule has 0 amide bonds. The summed E-state index contributed by atoms with van der Waals surface area (Å²) < 4.78 is 0. The fraction of sp³-hybridized carbons (Fsp3) is 0.688. The average Bonchev–Trinajstić information content (AvgIpc) is 2.77. The smallest absolute Gasteiger partial charge is 0.108 e. The van der Waals surface area contributed by atoms with Crippen molar-refractivity contribution in [2.24, 2.45) is 27.7 Å². The Morgan fingerprint density at radius 2 is 2.16 bits per heavy atom. The lowest BCUT2D eigenvalue weighted by atomic mass is 9.49. The van der Waals surface area contributed by atoms with Gasteiger partial charge in [0.15, 0.2) is 0 Å². The lowest BCUT2D eigenvalue weighted by Gasteiger charge is -2.58. The van der Waals surface area contributed by atoms with Crippen LogP contribution in [-0.4, -0.2) is 25.5 Å². The summed E-state index contributed by atoms with van der Waals surface area (Å²) in [5.74, 6) is 1.37. The van der Waals surface area contributed by atoms with Crippen molar-refractivity contribution in [1.29, 1.82) is 0 Å². The lowest BCUT2D eigenvalue weighted by Crippen LogP contribution is -2.59. The van der Waals surface area contributed by atoms with E-state index in [2.05, 4.69) is 48.5 Å². The normalized spacial score (nSPS) is 42.4. The van der Waals surface area contributed by atoms with E-state index in [0.717, 1.165) is 26.2 Å². The van der Waals surface area contributed by atoms with E-state index in [1.807, 2.05) is 0 Å². The zero-order chi connectivity index (χ0) is 13.3. The van der Waals surface area contributed by atoms with Crippen molar-refractivity contribution in [1.82, 2.24) is 10.6 Å². The molecule has 4 aliphatic rings. The van der Waals surface area contributed by atoms with Gasteiger partial charge in [0.05, 0.1) is 11.4 Å². The monoisotopic (exact) mass is 257 g/mol. The van der Waals surface area contributed by atoms with Crippen LogP contribution in [0.3, 0.4) is 0 Å². The summed E-state index contributed by atoms with van der Waals surface area (Å²) in [5.41, 5.74) is 4.76. The number of rotatable bonds is 0. The Labute approximate surface area is 115 Å². The van der Waals surface area contributed by atoms with E-state index in [0.29, 0.717) is 17.3 Å². The van der Waals surface area contributed by atoms with Crippen molar-refractivity contribution in [2.45, 2.75) is 27.2 Å². The van der Waals surface area contributed by atoms with E-state index in [4.69, 9.17) is 0 Å². The van der Waals surface area contributed by atoms with E-state index in [-0.39, 0.29) is 5.41 Å². The summed E-state index contributed by atoms with van der Waals surface area (Å²) in [7, 11) is 0. The predicted molar refractivity (Wildman–Crippen MR) is 78.0 cm³/mol. The number of nitrogens with zero attached hydrogens (tertiary/aromatic N) is 1. The molecular weight excluding hydrogens is 234 g/mol. The molecule has 1 saturated heterocycles. The van der Waals surface area contributed by atoms with Gasteiger partial charge in [-0.15, -0.1) is 0 Å². The molecule has 0 aromatic heterocycles. The van der Waals surface area contributed by atoms with Crippen LogP contribution in [0, 0.1) is 22.7 Å². The van der Waals surface area contributed by atoms with Crippen LogP contribution in [0.5, 0.6) is 0 Å². The number of nitrogens with one attached hydrogen (secondary N) is 2. The van der Waals surface area contributed by atoms with Crippen LogP contribution in [0.1, 0.15) is 27.2 Å². The highest BCUT2D eigenvalue weighted by molar-refractivity contribution is 6.03. The first-order chi connectivity index (χ1) is 9.01. The lowest BCUT2D eigenvalue weighted by molar-refractivity contribution is -0.00858. The third-order valence-corrected chi connectivity index (χ3v) is 6.23. The maximum Gasteiger partial charge on any atom is 0.108 e. The minimum Gasteiger partial charge on any atom is -0.365 e. The molecule has 0 saturated carbocycles. The summed E-state index contributed by atoms with van der Waals surface area (Å²) in [6.45, 7) is 10.3. The molecule has 2 aliphatic heterocycles. The molecule has 1 fully saturated rings. The third kappa shape index (κ3) is 1.40. The first-order valence-corrected chi connectivity index (χ1v) is 7.44. The molecule has 102 valence electrons. The number of hydrogen-bond donors (Lipinski definition) is 2. The Bertz CT molecular complexity index is 526. The Balaban J connectivity index is 1.86. The van der Waals surface area contributed by atoms with Gasteiger partial charge < -0.3 is 10.6 Å². The van der Waals surface area contributed by atoms with E-state index in [1.54, 1.807) is 5.57 Å². The number of hydrogen-bond acceptors (Lipinski definition) is 3. The van der Waals surface area contributed by atoms with Crippen LogP contribution in [0.15, 0.2) is 28.4 Å². The highest BCUT2D eigenvalue weighted by Gasteiger charge is 2.54. The van der Waals surface area contributed by atoms with Crippen molar-refractivity contribution in [3.63, 3.8) is 0 Å². The van der Waals surface area contributed by atoms with Gasteiger partial charge in [0.2, 0.25) is 0 Å². The second-order valence-corrected chi connectivity index (χ2v) is 7.33. The molecule has 3 heteroatoms. The van der Waals surface area contributed by atoms with E-state index in [9.17, 15) is 0 Å². The first kappa shape index (κ1) is 11.7. The number of piperidine rings is 1. The Morgan fingerprint density at radius 3 is 3.00 bits per heavy atom. The van der Waals surface area contributed by atoms with Crippen molar-refractivity contribution >= 4 is 5.71 Å². The molecule has 2 bridgehead atoms. The molecule has 0 aromatic rings. The fourth-order valence-corrected chi connectivity index (χ4v) is 4.48. The van der Waals surface area contributed by atoms with Gasteiger partial charge in [-0.3, -0.25) is 4.99 Å². The van der Waals surface area contributed by atoms with Crippen LogP contribution < -0.4 is 10.6 Å². The third-order valence-electron chi connectivity index (χ3n) is 6.23. The largest absolute Gasteiger partial charge is 0.365 e. The van der Waals surface area contributed by atoms with Gasteiger partial charge in [-0.25, -0.2) is 0 Å². The SMILES string of the molecule is CC1(C)[C@@H]2CNC[C@@]1(C)C=C1C=C3NCN=C3CC12. The zero-order valence-corrected chi connectivity index (χ0v) is 12.1. The maximum atomic E-state index is 4.61. The van der Waals surface area contributed by atoms with Crippen molar-refractivity contribution in [2.75, 3.05) is 19.8 Å². The van der Waals surface area contributed by atoms with Crippen molar-refractivity contribution < 1.29 is 0 Å². The topological polar surface area (TPSA) is 36.4 Å². The zero-order valence-electron chi connectivity index (χ0n) is 12.1. The average molecular weight is 257 g/mol. The molecule has 0 spiro atoms. The molecule has 19 heavy (non-hydrogen) atoms. The summed E-state index contributed by atoms with van der Waals surface area (Å²) >= 11 is 0. The molecule has 1 unspecified atom stereocenters. The number of allylic oxidation sites excluding steroid dienone is 3. The second-order valence-electron chi connectivity index (χ2n) is 7.33. The van der Waals surface area contributed by atoms with Crippen molar-refractivity contribution in [3.05, 3.63) is 23.4 Å². The predicted octanol–water partition coefficient (Wildman–Crippen LogP) is 2.08. The maximum absolute atomic E-state index is 4.61. The van der Waals surface area contributed by atoms with E-state index < -0.39 is 0 Å². The van der Waals surface area contributed by atoms with Gasteiger partial charge in [0.25, 0.3) is 0 Å². The Hall–Kier alpha value is -1.09. The van der Waals surface area contributed by atoms with Crippen LogP contribution in [0.25, 0.3) is 0 Å². The molecule has 0 radical (unpaired) electrons. The van der Waals surface area contributed by atoms with E-state index in [1.165, 1.54) is 11.4 Å². The Morgan fingerprint density at radius 1 is 1.32 bits per heavy atom. The standard InChI is InChI=1S/C16H23N3/c1-15(2)12-7-17-8-16(15,3)6-10-4-13-14(5-11(10)12)19-9-18-13/h4,6,11-12,17-18H,5,7-9H2,1-3H3/t11?,12-,16-/m1/s1. The van der Waals surface area contributed by atoms with Gasteiger partial charge in [0, 0.05) is 12.0 Å². The quantitative estimate of drug-likeness (QED) is 0.697. The summed E-state index contributed by atoms with van der Waals surface area (Å²) in [4.78, 5) is 4.61. The highest BCUT2D eigenvalue weighted by atomic mass is 15.1. The fourth-order valence-electron chi connectivity index (χ4n) is 4.48. The summed E-state index contributed by atoms with van der Waals surface area (Å²) in [5, 5.41) is 7.05. The second kappa shape index (κ2) is 3.51. The van der Waals surface area contributed by atoms with Crippen LogP contribution in [-0.2, 0) is 0 Å². The minimum absolute atomic E-state index is 0.270. The van der Waals surface area contributed by atoms with E-state index >= 15 is 0 Å². The van der Waals surface area contributed by atoms with Gasteiger partial charge in [-0.1, -0.05) is 26.8 Å². The van der Waals surface area contributed by atoms with Crippen molar-refractivity contribution in [3.8, 4) is 0 Å². The van der Waals surface area contributed by atoms with Gasteiger partial charge in [-0.2, -0.15) is 0 Å². The first-order valence-electron chi connectivity index (χ1n) is 7.44. The molecule has 2 aliphatic carbocycles. The number of fused-ring (bicyclic) bond motifs is 5. The van der Waals surface area contributed by atoms with Crippen LogP contribution in [0.2, 0.25) is 0 Å². The summed E-state index contributed by atoms with van der Waals surface area (Å²) in [6, 6.07) is 0. The molecule has 2 heterocycles. The molecule has 3 atom stereocenters. The Kier molecular flexibility index (Phi) is 2.17. The van der Waals surface area contributed by atoms with Gasteiger partial charge in [0.1, 0.15) is 6.67 Å². The molecule has 4 rings (SSSR count). The van der Waals surface area contributed by atoms with Gasteiger partial charge >= 0.3 is 0 Å². The number of aliphatic imine (C=N–C) groups is 1. The van der Waals surface area contributed by atoms with Crippen LogP contribution in [0.4, 0.5) is 0 Å². The van der Waals surface area contributed by atoms with Gasteiger partial charge in [-0.05, 0) is 41.9 Å². The van der Waals surface area contributed by atoms with Crippen LogP contribution >= 0.6 is 0 Å². The molecular formula is C16H23N3.